The van der Waals surface area contributed by atoms with E-state index in [4.69, 9.17) is 14.2 Å². The maximum atomic E-state index is 12.7. The summed E-state index contributed by atoms with van der Waals surface area (Å²) >= 11 is 0. The first-order chi connectivity index (χ1) is 26.9. The summed E-state index contributed by atoms with van der Waals surface area (Å²) < 4.78 is 16.7. The van der Waals surface area contributed by atoms with E-state index in [2.05, 4.69) is 27.7 Å². The molecule has 55 heavy (non-hydrogen) atoms. The Kier molecular flexibility index (Phi) is 42.3. The minimum absolute atomic E-state index is 0.0632. The molecule has 0 aromatic heterocycles. The average Bonchev–Trinajstić information content (AvgIpc) is 3.17. The van der Waals surface area contributed by atoms with Crippen LogP contribution >= 0.6 is 0 Å². The SMILES string of the molecule is CCCCCCCCCCCCCCC(=O)O[C@H](COC(=O)CCCCCCCCCCC)COC(=O)CCCCCCCCCCCCCCCC(C)C. The van der Waals surface area contributed by atoms with Crippen LogP contribution < -0.4 is 0 Å². The molecule has 0 N–H and O–H groups in total. The van der Waals surface area contributed by atoms with Crippen molar-refractivity contribution >= 4 is 17.9 Å². The van der Waals surface area contributed by atoms with Gasteiger partial charge in [-0.2, -0.15) is 0 Å². The first-order valence-corrected chi connectivity index (χ1v) is 24.4. The van der Waals surface area contributed by atoms with E-state index in [1.54, 1.807) is 0 Å². The van der Waals surface area contributed by atoms with E-state index in [9.17, 15) is 14.4 Å². The molecular formula is C49H94O6. The summed E-state index contributed by atoms with van der Waals surface area (Å²) in [6, 6.07) is 0. The second-order valence-corrected chi connectivity index (χ2v) is 17.2. The molecule has 0 fully saturated rings. The molecule has 326 valence electrons. The average molecular weight is 779 g/mol. The molecule has 0 aromatic rings. The van der Waals surface area contributed by atoms with Gasteiger partial charge >= 0.3 is 17.9 Å². The zero-order valence-electron chi connectivity index (χ0n) is 37.4. The minimum atomic E-state index is -0.759. The van der Waals surface area contributed by atoms with E-state index in [1.165, 1.54) is 167 Å². The maximum Gasteiger partial charge on any atom is 0.306 e. The third kappa shape index (κ3) is 43.4. The van der Waals surface area contributed by atoms with Gasteiger partial charge in [-0.1, -0.05) is 233 Å². The molecule has 6 nitrogen and oxygen atoms in total. The van der Waals surface area contributed by atoms with E-state index in [0.29, 0.717) is 19.3 Å². The van der Waals surface area contributed by atoms with Crippen LogP contribution in [-0.2, 0) is 28.6 Å². The van der Waals surface area contributed by atoms with Crippen LogP contribution in [-0.4, -0.2) is 37.2 Å². The van der Waals surface area contributed by atoms with Gasteiger partial charge in [0.1, 0.15) is 13.2 Å². The number of hydrogen-bond acceptors (Lipinski definition) is 6. The zero-order valence-corrected chi connectivity index (χ0v) is 37.4. The van der Waals surface area contributed by atoms with E-state index in [-0.39, 0.29) is 31.1 Å². The van der Waals surface area contributed by atoms with Crippen LogP contribution in [0.5, 0.6) is 0 Å². The number of rotatable bonds is 44. The lowest BCUT2D eigenvalue weighted by atomic mass is 10.0. The Morgan fingerprint density at radius 1 is 0.345 bits per heavy atom. The van der Waals surface area contributed by atoms with E-state index < -0.39 is 6.10 Å². The van der Waals surface area contributed by atoms with Crippen molar-refractivity contribution in [1.82, 2.24) is 0 Å². The molecule has 0 spiro atoms. The molecule has 0 aliphatic heterocycles. The quantitative estimate of drug-likeness (QED) is 0.0348. The first kappa shape index (κ1) is 53.4. The molecule has 0 unspecified atom stereocenters. The van der Waals surface area contributed by atoms with Gasteiger partial charge < -0.3 is 14.2 Å². The summed E-state index contributed by atoms with van der Waals surface area (Å²) in [7, 11) is 0. The largest absolute Gasteiger partial charge is 0.462 e. The molecular weight excluding hydrogens is 685 g/mol. The lowest BCUT2D eigenvalue weighted by Crippen LogP contribution is -2.30. The molecule has 0 radical (unpaired) electrons. The second kappa shape index (κ2) is 43.5. The van der Waals surface area contributed by atoms with Gasteiger partial charge in [0, 0.05) is 19.3 Å². The Bertz CT molecular complexity index is 826. The Balaban J connectivity index is 4.27. The smallest absolute Gasteiger partial charge is 0.306 e. The Morgan fingerprint density at radius 3 is 0.891 bits per heavy atom. The first-order valence-electron chi connectivity index (χ1n) is 24.4. The molecule has 0 aromatic carbocycles. The number of carbonyl (C=O) groups excluding carboxylic acids is 3. The summed E-state index contributed by atoms with van der Waals surface area (Å²) in [5.74, 6) is -0.0114. The summed E-state index contributed by atoms with van der Waals surface area (Å²) in [6.45, 7) is 9.00. The van der Waals surface area contributed by atoms with E-state index in [0.717, 1.165) is 63.7 Å². The fourth-order valence-corrected chi connectivity index (χ4v) is 7.33. The van der Waals surface area contributed by atoms with Crippen LogP contribution in [0.25, 0.3) is 0 Å². The van der Waals surface area contributed by atoms with Gasteiger partial charge in [0.2, 0.25) is 0 Å². The lowest BCUT2D eigenvalue weighted by molar-refractivity contribution is -0.167. The number of carbonyl (C=O) groups is 3. The number of unbranched alkanes of at least 4 members (excludes halogenated alkanes) is 31. The molecule has 0 saturated carbocycles. The zero-order chi connectivity index (χ0) is 40.3. The maximum absolute atomic E-state index is 12.7. The highest BCUT2D eigenvalue weighted by Gasteiger charge is 2.19. The van der Waals surface area contributed by atoms with Crippen LogP contribution in [0.1, 0.15) is 272 Å². The lowest BCUT2D eigenvalue weighted by Gasteiger charge is -2.18. The Morgan fingerprint density at radius 2 is 0.600 bits per heavy atom. The van der Waals surface area contributed by atoms with Crippen LogP contribution in [0.3, 0.4) is 0 Å². The van der Waals surface area contributed by atoms with Gasteiger partial charge in [-0.3, -0.25) is 14.4 Å². The third-order valence-corrected chi connectivity index (χ3v) is 11.0. The molecule has 0 bridgehead atoms. The van der Waals surface area contributed by atoms with Crippen molar-refractivity contribution in [1.29, 1.82) is 0 Å². The second-order valence-electron chi connectivity index (χ2n) is 17.2. The monoisotopic (exact) mass is 779 g/mol. The third-order valence-electron chi connectivity index (χ3n) is 11.0. The van der Waals surface area contributed by atoms with Gasteiger partial charge in [0.25, 0.3) is 0 Å². The van der Waals surface area contributed by atoms with Gasteiger partial charge in [-0.15, -0.1) is 0 Å². The molecule has 6 heteroatoms. The molecule has 1 atom stereocenters. The molecule has 0 saturated heterocycles. The Labute approximate surface area is 342 Å². The van der Waals surface area contributed by atoms with Crippen LogP contribution in [0.15, 0.2) is 0 Å². The summed E-state index contributed by atoms with van der Waals surface area (Å²) in [5.41, 5.74) is 0. The van der Waals surface area contributed by atoms with Gasteiger partial charge in [-0.05, 0) is 25.2 Å². The number of esters is 3. The Hall–Kier alpha value is -1.59. The van der Waals surface area contributed by atoms with Gasteiger partial charge in [-0.25, -0.2) is 0 Å². The van der Waals surface area contributed by atoms with Crippen molar-refractivity contribution < 1.29 is 28.6 Å². The van der Waals surface area contributed by atoms with E-state index >= 15 is 0 Å². The molecule has 0 aliphatic rings. The molecule has 0 rings (SSSR count). The van der Waals surface area contributed by atoms with Crippen molar-refractivity contribution in [3.05, 3.63) is 0 Å². The van der Waals surface area contributed by atoms with Crippen molar-refractivity contribution in [2.24, 2.45) is 5.92 Å². The van der Waals surface area contributed by atoms with Crippen molar-refractivity contribution in [3.63, 3.8) is 0 Å². The molecule has 0 heterocycles. The highest BCUT2D eigenvalue weighted by atomic mass is 16.6. The minimum Gasteiger partial charge on any atom is -0.462 e. The summed E-state index contributed by atoms with van der Waals surface area (Å²) in [5, 5.41) is 0. The predicted molar refractivity (Wildman–Crippen MR) is 233 cm³/mol. The fraction of sp³-hybridized carbons (Fsp3) is 0.939. The summed E-state index contributed by atoms with van der Waals surface area (Å²) in [6.07, 6.45) is 43.7. The standard InChI is InChI=1S/C49H94O6/c1-5-7-9-11-13-15-16-21-26-30-34-38-42-49(52)55-46(43-53-47(50)40-36-32-28-23-14-12-10-8-6-2)44-54-48(51)41-37-33-29-25-22-19-17-18-20-24-27-31-35-39-45(3)4/h45-46H,5-44H2,1-4H3/t46-/m1/s1. The van der Waals surface area contributed by atoms with Crippen LogP contribution in [0.4, 0.5) is 0 Å². The molecule has 0 aliphatic carbocycles. The predicted octanol–water partition coefficient (Wildman–Crippen LogP) is 15.5. The number of hydrogen-bond donors (Lipinski definition) is 0. The van der Waals surface area contributed by atoms with Crippen molar-refractivity contribution in [3.8, 4) is 0 Å². The van der Waals surface area contributed by atoms with Crippen LogP contribution in [0, 0.1) is 5.92 Å². The van der Waals surface area contributed by atoms with Gasteiger partial charge in [0.15, 0.2) is 6.10 Å². The fourth-order valence-electron chi connectivity index (χ4n) is 7.33. The van der Waals surface area contributed by atoms with Gasteiger partial charge in [0.05, 0.1) is 0 Å². The highest BCUT2D eigenvalue weighted by Crippen LogP contribution is 2.17. The van der Waals surface area contributed by atoms with Crippen molar-refractivity contribution in [2.75, 3.05) is 13.2 Å². The summed E-state index contributed by atoms with van der Waals surface area (Å²) in [4.78, 5) is 37.7. The highest BCUT2D eigenvalue weighted by molar-refractivity contribution is 5.71. The topological polar surface area (TPSA) is 78.9 Å². The van der Waals surface area contributed by atoms with Crippen molar-refractivity contribution in [2.45, 2.75) is 278 Å². The number of ether oxygens (including phenoxy) is 3. The van der Waals surface area contributed by atoms with Crippen LogP contribution in [0.2, 0.25) is 0 Å². The molecule has 0 amide bonds. The normalized spacial score (nSPS) is 11.9. The van der Waals surface area contributed by atoms with E-state index in [1.807, 2.05) is 0 Å².